The van der Waals surface area contributed by atoms with Gasteiger partial charge in [-0.3, -0.25) is 4.79 Å². The van der Waals surface area contributed by atoms with Crippen molar-refractivity contribution < 1.29 is 9.53 Å². The van der Waals surface area contributed by atoms with Crippen molar-refractivity contribution in [2.75, 3.05) is 0 Å². The van der Waals surface area contributed by atoms with Crippen molar-refractivity contribution in [1.29, 1.82) is 0 Å². The predicted molar refractivity (Wildman–Crippen MR) is 60.4 cm³/mol. The minimum absolute atomic E-state index is 0.168. The summed E-state index contributed by atoms with van der Waals surface area (Å²) in [6.07, 6.45) is -0.182. The van der Waals surface area contributed by atoms with Gasteiger partial charge in [-0.15, -0.1) is 0 Å². The summed E-state index contributed by atoms with van der Waals surface area (Å²) in [5.74, 6) is -0.168. The molecule has 1 atom stereocenters. The van der Waals surface area contributed by atoms with E-state index in [-0.39, 0.29) is 12.1 Å². The first-order chi connectivity index (χ1) is 6.91. The van der Waals surface area contributed by atoms with E-state index in [0.29, 0.717) is 0 Å². The number of hydrogen-bond donors (Lipinski definition) is 0. The molecule has 0 amide bonds. The Morgan fingerprint density at radius 1 is 1.20 bits per heavy atom. The van der Waals surface area contributed by atoms with Crippen LogP contribution in [0.5, 0.6) is 0 Å². The molecule has 0 saturated heterocycles. The first-order valence-corrected chi connectivity index (χ1v) is 5.17. The molecule has 0 fully saturated rings. The molecule has 2 heteroatoms. The fourth-order valence-electron chi connectivity index (χ4n) is 1.13. The van der Waals surface area contributed by atoms with Crippen LogP contribution in [0.25, 0.3) is 0 Å². The first kappa shape index (κ1) is 11.8. The smallest absolute Gasteiger partial charge is 0.311 e. The highest BCUT2D eigenvalue weighted by Crippen LogP contribution is 2.22. The molecule has 0 aliphatic rings. The van der Waals surface area contributed by atoms with E-state index in [1.165, 1.54) is 0 Å². The topological polar surface area (TPSA) is 26.3 Å². The van der Waals surface area contributed by atoms with Crippen molar-refractivity contribution >= 4 is 5.97 Å². The van der Waals surface area contributed by atoms with Gasteiger partial charge < -0.3 is 4.74 Å². The Morgan fingerprint density at radius 3 is 2.20 bits per heavy atom. The van der Waals surface area contributed by atoms with Crippen LogP contribution in [0.3, 0.4) is 0 Å². The number of esters is 1. The Bertz CT molecular complexity index is 322. The predicted octanol–water partition coefficient (Wildman–Crippen LogP) is 3.34. The van der Waals surface area contributed by atoms with Gasteiger partial charge >= 0.3 is 5.97 Å². The normalized spacial score (nSPS) is 13.3. The number of rotatable bonds is 2. The van der Waals surface area contributed by atoms with Gasteiger partial charge in [-0.25, -0.2) is 0 Å². The maximum atomic E-state index is 11.6. The lowest BCUT2D eigenvalue weighted by Crippen LogP contribution is -2.24. The van der Waals surface area contributed by atoms with Crippen LogP contribution in [0, 0.1) is 5.41 Å². The number of carbonyl (C=O) groups is 1. The van der Waals surface area contributed by atoms with Gasteiger partial charge in [0.15, 0.2) is 0 Å². The Kier molecular flexibility index (Phi) is 3.51. The largest absolute Gasteiger partial charge is 0.457 e. The molecule has 0 saturated carbocycles. The summed E-state index contributed by atoms with van der Waals surface area (Å²) in [5.41, 5.74) is 0.582. The summed E-state index contributed by atoms with van der Waals surface area (Å²) in [5, 5.41) is 0. The van der Waals surface area contributed by atoms with Crippen LogP contribution < -0.4 is 0 Å². The number of ether oxygens (including phenoxy) is 1. The molecule has 0 unspecified atom stereocenters. The maximum absolute atomic E-state index is 11.6. The lowest BCUT2D eigenvalue weighted by atomic mass is 9.97. The van der Waals surface area contributed by atoms with E-state index < -0.39 is 5.41 Å². The van der Waals surface area contributed by atoms with E-state index >= 15 is 0 Å². The van der Waals surface area contributed by atoms with Crippen molar-refractivity contribution in [1.82, 2.24) is 0 Å². The molecule has 0 aliphatic carbocycles. The minimum atomic E-state index is -0.441. The molecule has 2 nitrogen and oxygen atoms in total. The lowest BCUT2D eigenvalue weighted by molar-refractivity contribution is -0.158. The molecule has 0 radical (unpaired) electrons. The van der Waals surface area contributed by atoms with E-state index in [9.17, 15) is 4.79 Å². The molecule has 0 heterocycles. The summed E-state index contributed by atoms with van der Waals surface area (Å²) in [6.45, 7) is 7.45. The SMILES string of the molecule is C[C@H](OC(=O)C(C)(C)C)c1ccccc1. The zero-order valence-electron chi connectivity index (χ0n) is 9.78. The van der Waals surface area contributed by atoms with Crippen LogP contribution in [-0.4, -0.2) is 5.97 Å². The van der Waals surface area contributed by atoms with Crippen molar-refractivity contribution in [3.8, 4) is 0 Å². The van der Waals surface area contributed by atoms with E-state index in [0.717, 1.165) is 5.56 Å². The molecule has 82 valence electrons. The second-order valence-electron chi connectivity index (χ2n) is 4.71. The third kappa shape index (κ3) is 3.39. The maximum Gasteiger partial charge on any atom is 0.311 e. The van der Waals surface area contributed by atoms with Crippen molar-refractivity contribution in [2.45, 2.75) is 33.8 Å². The standard InChI is InChI=1S/C13H18O2/c1-10(11-8-6-5-7-9-11)15-12(14)13(2,3)4/h5-10H,1-4H3/t10-/m0/s1. The van der Waals surface area contributed by atoms with Crippen molar-refractivity contribution in [2.24, 2.45) is 5.41 Å². The fraction of sp³-hybridized carbons (Fsp3) is 0.462. The fourth-order valence-corrected chi connectivity index (χ4v) is 1.13. The molecule has 0 aliphatic heterocycles. The van der Waals surface area contributed by atoms with Crippen LogP contribution in [0.1, 0.15) is 39.4 Å². The Labute approximate surface area is 91.3 Å². The first-order valence-electron chi connectivity index (χ1n) is 5.17. The van der Waals surface area contributed by atoms with Crippen molar-refractivity contribution in [3.05, 3.63) is 35.9 Å². The summed E-state index contributed by atoms with van der Waals surface area (Å²) in [7, 11) is 0. The highest BCUT2D eigenvalue weighted by molar-refractivity contribution is 5.75. The van der Waals surface area contributed by atoms with E-state index in [4.69, 9.17) is 4.74 Å². The second-order valence-corrected chi connectivity index (χ2v) is 4.71. The van der Waals surface area contributed by atoms with E-state index in [1.54, 1.807) is 0 Å². The van der Waals surface area contributed by atoms with Gasteiger partial charge in [0.05, 0.1) is 5.41 Å². The Hall–Kier alpha value is -1.31. The molecule has 1 aromatic carbocycles. The summed E-state index contributed by atoms with van der Waals surface area (Å²) < 4.78 is 5.36. The highest BCUT2D eigenvalue weighted by Gasteiger charge is 2.25. The van der Waals surface area contributed by atoms with E-state index in [2.05, 4.69) is 0 Å². The van der Waals surface area contributed by atoms with Gasteiger partial charge in [-0.05, 0) is 33.3 Å². The third-order valence-corrected chi connectivity index (χ3v) is 2.17. The molecule has 0 spiro atoms. The second kappa shape index (κ2) is 4.47. The van der Waals surface area contributed by atoms with Gasteiger partial charge in [-0.2, -0.15) is 0 Å². The van der Waals surface area contributed by atoms with Gasteiger partial charge in [0, 0.05) is 0 Å². The minimum Gasteiger partial charge on any atom is -0.457 e. The zero-order chi connectivity index (χ0) is 11.5. The van der Waals surface area contributed by atoms with Gasteiger partial charge in [0.1, 0.15) is 6.10 Å². The van der Waals surface area contributed by atoms with Crippen LogP contribution in [-0.2, 0) is 9.53 Å². The summed E-state index contributed by atoms with van der Waals surface area (Å²) >= 11 is 0. The number of hydrogen-bond acceptors (Lipinski definition) is 2. The molecule has 0 N–H and O–H groups in total. The summed E-state index contributed by atoms with van der Waals surface area (Å²) in [4.78, 5) is 11.6. The van der Waals surface area contributed by atoms with Crippen LogP contribution >= 0.6 is 0 Å². The molecular weight excluding hydrogens is 188 g/mol. The van der Waals surface area contributed by atoms with Crippen LogP contribution in [0.2, 0.25) is 0 Å². The van der Waals surface area contributed by atoms with E-state index in [1.807, 2.05) is 58.0 Å². The van der Waals surface area contributed by atoms with Crippen LogP contribution in [0.15, 0.2) is 30.3 Å². The number of carbonyl (C=O) groups excluding carboxylic acids is 1. The monoisotopic (exact) mass is 206 g/mol. The summed E-state index contributed by atoms with van der Waals surface area (Å²) in [6, 6.07) is 9.75. The molecule has 15 heavy (non-hydrogen) atoms. The van der Waals surface area contributed by atoms with Crippen molar-refractivity contribution in [3.63, 3.8) is 0 Å². The zero-order valence-corrected chi connectivity index (χ0v) is 9.78. The van der Waals surface area contributed by atoms with Gasteiger partial charge in [-0.1, -0.05) is 30.3 Å². The van der Waals surface area contributed by atoms with Gasteiger partial charge in [0.2, 0.25) is 0 Å². The molecule has 0 bridgehead atoms. The Balaban J connectivity index is 2.65. The third-order valence-electron chi connectivity index (χ3n) is 2.17. The molecule has 1 rings (SSSR count). The Morgan fingerprint density at radius 2 is 1.73 bits per heavy atom. The molecule has 1 aromatic rings. The quantitative estimate of drug-likeness (QED) is 0.694. The molecular formula is C13H18O2. The number of benzene rings is 1. The highest BCUT2D eigenvalue weighted by atomic mass is 16.5. The lowest BCUT2D eigenvalue weighted by Gasteiger charge is -2.21. The molecule has 0 aromatic heterocycles. The van der Waals surface area contributed by atoms with Gasteiger partial charge in [0.25, 0.3) is 0 Å². The average molecular weight is 206 g/mol. The van der Waals surface area contributed by atoms with Crippen LogP contribution in [0.4, 0.5) is 0 Å². The average Bonchev–Trinajstić information content (AvgIpc) is 2.17.